The van der Waals surface area contributed by atoms with Crippen LogP contribution in [-0.4, -0.2) is 10.7 Å². The van der Waals surface area contributed by atoms with E-state index in [0.717, 1.165) is 19.3 Å². The van der Waals surface area contributed by atoms with Crippen molar-refractivity contribution in [2.24, 2.45) is 0 Å². The van der Waals surface area contributed by atoms with Gasteiger partial charge in [-0.2, -0.15) is 0 Å². The minimum Gasteiger partial charge on any atom is -0.390 e. The zero-order valence-electron chi connectivity index (χ0n) is 12.1. The van der Waals surface area contributed by atoms with Crippen LogP contribution < -0.4 is 0 Å². The van der Waals surface area contributed by atoms with Gasteiger partial charge in [0.25, 0.3) is 0 Å². The largest absolute Gasteiger partial charge is 0.390 e. The maximum Gasteiger partial charge on any atom is 0.0591 e. The van der Waals surface area contributed by atoms with E-state index >= 15 is 0 Å². The normalized spacial score (nSPS) is 12.6. The summed E-state index contributed by atoms with van der Waals surface area (Å²) in [7, 11) is 0. The summed E-state index contributed by atoms with van der Waals surface area (Å²) in [6.45, 7) is 8.16. The van der Waals surface area contributed by atoms with Gasteiger partial charge < -0.3 is 5.11 Å². The quantitative estimate of drug-likeness (QED) is 0.717. The summed E-state index contributed by atoms with van der Waals surface area (Å²) in [6.07, 6.45) is 7.28. The average Bonchev–Trinajstić information content (AvgIpc) is 2.27. The molecule has 18 heavy (non-hydrogen) atoms. The summed E-state index contributed by atoms with van der Waals surface area (Å²) in [4.78, 5) is 0. The van der Waals surface area contributed by atoms with Gasteiger partial charge in [-0.15, -0.1) is 0 Å². The van der Waals surface area contributed by atoms with Crippen molar-refractivity contribution in [3.05, 3.63) is 41.5 Å². The molecule has 1 N–H and O–H groups in total. The van der Waals surface area contributed by atoms with Crippen molar-refractivity contribution in [2.75, 3.05) is 0 Å². The smallest absolute Gasteiger partial charge is 0.0591 e. The number of hydrogen-bond donors (Lipinski definition) is 1. The van der Waals surface area contributed by atoms with E-state index in [0.29, 0.717) is 5.92 Å². The Morgan fingerprint density at radius 1 is 1.28 bits per heavy atom. The third kappa shape index (κ3) is 6.02. The van der Waals surface area contributed by atoms with Crippen molar-refractivity contribution in [1.29, 1.82) is 0 Å². The summed E-state index contributed by atoms with van der Waals surface area (Å²) in [6, 6.07) is 8.68. The summed E-state index contributed by atoms with van der Waals surface area (Å²) in [5.41, 5.74) is 2.11. The summed E-state index contributed by atoms with van der Waals surface area (Å²) in [5, 5.41) is 9.61. The highest BCUT2D eigenvalue weighted by Gasteiger charge is 2.10. The first-order valence-corrected chi connectivity index (χ1v) is 6.87. The fraction of sp³-hybridized carbons (Fsp3) is 0.529. The molecule has 1 heteroatoms. The molecule has 0 saturated carbocycles. The lowest BCUT2D eigenvalue weighted by Gasteiger charge is -2.15. The Balaban J connectivity index is 2.45. The van der Waals surface area contributed by atoms with Crippen molar-refractivity contribution < 1.29 is 5.11 Å². The van der Waals surface area contributed by atoms with Crippen LogP contribution in [0.5, 0.6) is 0 Å². The second kappa shape index (κ2) is 6.75. The van der Waals surface area contributed by atoms with Gasteiger partial charge in [-0.25, -0.2) is 0 Å². The molecular weight excluding hydrogens is 220 g/mol. The highest BCUT2D eigenvalue weighted by Crippen LogP contribution is 2.17. The first-order valence-electron chi connectivity index (χ1n) is 6.87. The van der Waals surface area contributed by atoms with E-state index in [1.54, 1.807) is 0 Å². The van der Waals surface area contributed by atoms with E-state index < -0.39 is 5.60 Å². The topological polar surface area (TPSA) is 20.2 Å². The van der Waals surface area contributed by atoms with Crippen LogP contribution in [0.3, 0.4) is 0 Å². The van der Waals surface area contributed by atoms with Gasteiger partial charge in [0.15, 0.2) is 0 Å². The molecule has 0 amide bonds. The van der Waals surface area contributed by atoms with Gasteiger partial charge in [0.1, 0.15) is 0 Å². The molecule has 1 nitrogen and oxygen atoms in total. The van der Waals surface area contributed by atoms with E-state index in [2.05, 4.69) is 50.3 Å². The lowest BCUT2D eigenvalue weighted by Crippen LogP contribution is -2.17. The van der Waals surface area contributed by atoms with Crippen LogP contribution in [0.4, 0.5) is 0 Å². The zero-order valence-corrected chi connectivity index (χ0v) is 12.1. The van der Waals surface area contributed by atoms with Crippen LogP contribution in [0, 0.1) is 0 Å². The minimum absolute atomic E-state index is 0.536. The number of hydrogen-bond acceptors (Lipinski definition) is 1. The molecule has 0 unspecified atom stereocenters. The predicted molar refractivity (Wildman–Crippen MR) is 79.7 cm³/mol. The molecule has 0 atom stereocenters. The number of rotatable bonds is 6. The standard InChI is InChI=1S/C17H26O/c1-14(2)16-11-8-10-15(13-16)9-6-5-7-12-17(3,4)18/h6,8-11,13-14,18H,5,7,12H2,1-4H3/b9-6+. The first-order chi connectivity index (χ1) is 8.38. The van der Waals surface area contributed by atoms with Gasteiger partial charge >= 0.3 is 0 Å². The molecular formula is C17H26O. The van der Waals surface area contributed by atoms with Gasteiger partial charge in [0.05, 0.1) is 5.60 Å². The molecule has 0 spiro atoms. The third-order valence-corrected chi connectivity index (χ3v) is 3.05. The van der Waals surface area contributed by atoms with E-state index in [9.17, 15) is 5.11 Å². The summed E-state index contributed by atoms with van der Waals surface area (Å²) < 4.78 is 0. The molecule has 0 aliphatic rings. The van der Waals surface area contributed by atoms with Crippen molar-refractivity contribution in [3.8, 4) is 0 Å². The van der Waals surface area contributed by atoms with Crippen LogP contribution in [0.25, 0.3) is 6.08 Å². The Kier molecular flexibility index (Phi) is 5.61. The average molecular weight is 246 g/mol. The van der Waals surface area contributed by atoms with Gasteiger partial charge in [0.2, 0.25) is 0 Å². The van der Waals surface area contributed by atoms with Crippen LogP contribution in [0.2, 0.25) is 0 Å². The molecule has 100 valence electrons. The van der Waals surface area contributed by atoms with Crippen molar-refractivity contribution in [3.63, 3.8) is 0 Å². The van der Waals surface area contributed by atoms with Crippen molar-refractivity contribution >= 4 is 6.08 Å². The van der Waals surface area contributed by atoms with Crippen LogP contribution >= 0.6 is 0 Å². The van der Waals surface area contributed by atoms with E-state index in [1.807, 2.05) is 13.8 Å². The summed E-state index contributed by atoms with van der Waals surface area (Å²) in [5.74, 6) is 0.577. The van der Waals surface area contributed by atoms with Crippen LogP contribution in [0.1, 0.15) is 64.0 Å². The Hall–Kier alpha value is -1.08. The van der Waals surface area contributed by atoms with E-state index in [4.69, 9.17) is 0 Å². The molecule has 1 aromatic carbocycles. The number of allylic oxidation sites excluding steroid dienone is 1. The fourth-order valence-corrected chi connectivity index (χ4v) is 1.89. The number of unbranched alkanes of at least 4 members (excludes halogenated alkanes) is 1. The number of benzene rings is 1. The van der Waals surface area contributed by atoms with Crippen molar-refractivity contribution in [2.45, 2.75) is 58.5 Å². The monoisotopic (exact) mass is 246 g/mol. The Morgan fingerprint density at radius 3 is 2.61 bits per heavy atom. The Morgan fingerprint density at radius 2 is 2.00 bits per heavy atom. The Bertz CT molecular complexity index is 383. The van der Waals surface area contributed by atoms with Gasteiger partial charge in [-0.05, 0) is 50.2 Å². The molecule has 0 aromatic heterocycles. The molecule has 0 aliphatic heterocycles. The van der Waals surface area contributed by atoms with E-state index in [-0.39, 0.29) is 0 Å². The number of aliphatic hydroxyl groups is 1. The Labute approximate surface area is 112 Å². The highest BCUT2D eigenvalue weighted by molar-refractivity contribution is 5.50. The van der Waals surface area contributed by atoms with E-state index in [1.165, 1.54) is 11.1 Å². The maximum atomic E-state index is 9.61. The molecule has 0 radical (unpaired) electrons. The SMILES string of the molecule is CC(C)c1cccc(/C=C/CCCC(C)(C)O)c1. The minimum atomic E-state index is -0.536. The van der Waals surface area contributed by atoms with Gasteiger partial charge in [0, 0.05) is 0 Å². The molecule has 1 aromatic rings. The predicted octanol–water partition coefficient (Wildman–Crippen LogP) is 4.76. The molecule has 1 rings (SSSR count). The highest BCUT2D eigenvalue weighted by atomic mass is 16.3. The second-order valence-corrected chi connectivity index (χ2v) is 5.93. The second-order valence-electron chi connectivity index (χ2n) is 5.93. The zero-order chi connectivity index (χ0) is 13.6. The first kappa shape index (κ1) is 15.0. The van der Waals surface area contributed by atoms with Gasteiger partial charge in [-0.3, -0.25) is 0 Å². The van der Waals surface area contributed by atoms with Crippen LogP contribution in [-0.2, 0) is 0 Å². The molecule has 0 aliphatic carbocycles. The van der Waals surface area contributed by atoms with Crippen LogP contribution in [0.15, 0.2) is 30.3 Å². The maximum absolute atomic E-state index is 9.61. The van der Waals surface area contributed by atoms with Gasteiger partial charge in [-0.1, -0.05) is 50.3 Å². The molecule has 0 fully saturated rings. The fourth-order valence-electron chi connectivity index (χ4n) is 1.89. The third-order valence-electron chi connectivity index (χ3n) is 3.05. The molecule has 0 bridgehead atoms. The molecule has 0 heterocycles. The van der Waals surface area contributed by atoms with Crippen molar-refractivity contribution in [1.82, 2.24) is 0 Å². The lowest BCUT2D eigenvalue weighted by molar-refractivity contribution is 0.0691. The lowest BCUT2D eigenvalue weighted by atomic mass is 10.00. The summed E-state index contributed by atoms with van der Waals surface area (Å²) >= 11 is 0. The molecule has 0 saturated heterocycles.